The molecule has 2 amide bonds. The lowest BCUT2D eigenvalue weighted by Gasteiger charge is -2.23. The Hall–Kier alpha value is -4.19. The van der Waals surface area contributed by atoms with E-state index in [9.17, 15) is 9.59 Å². The smallest absolute Gasteiger partial charge is 0.268 e. The number of nitrogens with one attached hydrogen (secondary N) is 2. The molecule has 0 unspecified atom stereocenters. The van der Waals surface area contributed by atoms with Crippen molar-refractivity contribution in [2.45, 2.75) is 26.5 Å². The SMILES string of the molecule is Cc1ccc(C(=O)N/C(=C\C2=Cc3ccccc3O[C@@H]2C)C(=O)NCc2cccnc2)cc1. The predicted octanol–water partition coefficient (Wildman–Crippen LogP) is 4.18. The second-order valence-corrected chi connectivity index (χ2v) is 7.86. The van der Waals surface area contributed by atoms with E-state index in [1.54, 1.807) is 36.7 Å². The van der Waals surface area contributed by atoms with Crippen LogP contribution in [0.2, 0.25) is 0 Å². The Bertz CT molecular complexity index is 1210. The van der Waals surface area contributed by atoms with Crippen molar-refractivity contribution in [1.29, 1.82) is 0 Å². The van der Waals surface area contributed by atoms with E-state index in [4.69, 9.17) is 4.74 Å². The maximum Gasteiger partial charge on any atom is 0.268 e. The van der Waals surface area contributed by atoms with Crippen molar-refractivity contribution in [2.24, 2.45) is 0 Å². The molecule has 33 heavy (non-hydrogen) atoms. The highest BCUT2D eigenvalue weighted by Gasteiger charge is 2.21. The second kappa shape index (κ2) is 9.96. The van der Waals surface area contributed by atoms with E-state index in [-0.39, 0.29) is 17.7 Å². The summed E-state index contributed by atoms with van der Waals surface area (Å²) in [6.45, 7) is 4.15. The lowest BCUT2D eigenvalue weighted by Crippen LogP contribution is -2.35. The van der Waals surface area contributed by atoms with Crippen molar-refractivity contribution in [2.75, 3.05) is 0 Å². The topological polar surface area (TPSA) is 80.3 Å². The molecule has 1 aromatic heterocycles. The summed E-state index contributed by atoms with van der Waals surface area (Å²) in [4.78, 5) is 30.0. The predicted molar refractivity (Wildman–Crippen MR) is 127 cm³/mol. The zero-order valence-corrected chi connectivity index (χ0v) is 18.5. The Morgan fingerprint density at radius 1 is 1.06 bits per heavy atom. The minimum Gasteiger partial charge on any atom is -0.485 e. The summed E-state index contributed by atoms with van der Waals surface area (Å²) in [7, 11) is 0. The van der Waals surface area contributed by atoms with E-state index in [0.717, 1.165) is 28.0 Å². The van der Waals surface area contributed by atoms with Crippen molar-refractivity contribution in [3.8, 4) is 5.75 Å². The maximum atomic E-state index is 13.1. The number of aromatic nitrogens is 1. The van der Waals surface area contributed by atoms with Gasteiger partial charge in [0.15, 0.2) is 0 Å². The summed E-state index contributed by atoms with van der Waals surface area (Å²) in [5.74, 6) is 0.0304. The van der Waals surface area contributed by atoms with Crippen LogP contribution in [0.3, 0.4) is 0 Å². The number of benzene rings is 2. The number of ether oxygens (including phenoxy) is 1. The van der Waals surface area contributed by atoms with Crippen molar-refractivity contribution in [1.82, 2.24) is 15.6 Å². The lowest BCUT2D eigenvalue weighted by molar-refractivity contribution is -0.118. The molecule has 0 saturated carbocycles. The van der Waals surface area contributed by atoms with Crippen LogP contribution in [0.4, 0.5) is 0 Å². The third-order valence-electron chi connectivity index (χ3n) is 5.31. The Balaban J connectivity index is 1.61. The highest BCUT2D eigenvalue weighted by molar-refractivity contribution is 6.03. The van der Waals surface area contributed by atoms with Crippen LogP contribution in [0.15, 0.2) is 90.4 Å². The van der Waals surface area contributed by atoms with Crippen LogP contribution in [0.1, 0.15) is 34.0 Å². The Labute approximate surface area is 193 Å². The van der Waals surface area contributed by atoms with Gasteiger partial charge >= 0.3 is 0 Å². The number of fused-ring (bicyclic) bond motifs is 1. The van der Waals surface area contributed by atoms with Crippen LogP contribution in [0.25, 0.3) is 6.08 Å². The first-order chi connectivity index (χ1) is 16.0. The van der Waals surface area contributed by atoms with E-state index in [1.165, 1.54) is 0 Å². The van der Waals surface area contributed by atoms with E-state index in [0.29, 0.717) is 12.1 Å². The van der Waals surface area contributed by atoms with Gasteiger partial charge in [0, 0.05) is 30.1 Å². The number of carbonyl (C=O) groups excluding carboxylic acids is 2. The van der Waals surface area contributed by atoms with Crippen LogP contribution in [-0.2, 0) is 11.3 Å². The van der Waals surface area contributed by atoms with Crippen LogP contribution < -0.4 is 15.4 Å². The van der Waals surface area contributed by atoms with Crippen LogP contribution in [0, 0.1) is 6.92 Å². The van der Waals surface area contributed by atoms with Crippen molar-refractivity contribution < 1.29 is 14.3 Å². The Kier molecular flexibility index (Phi) is 6.64. The fourth-order valence-corrected chi connectivity index (χ4v) is 3.43. The minimum atomic E-state index is -0.397. The molecule has 2 aromatic carbocycles. The molecule has 3 aromatic rings. The molecule has 166 valence electrons. The standard InChI is InChI=1S/C27H25N3O3/c1-18-9-11-21(12-10-18)26(31)30-24(27(32)29-17-20-6-5-13-28-16-20)15-23-14-22-7-3-4-8-25(22)33-19(23)2/h3-16,19H,17H2,1-2H3,(H,29,32)(H,30,31)/b24-15-/t19-/m1/s1. The fraction of sp³-hybridized carbons (Fsp3) is 0.148. The summed E-state index contributed by atoms with van der Waals surface area (Å²) in [5, 5.41) is 5.64. The molecular weight excluding hydrogens is 414 g/mol. The molecule has 6 nitrogen and oxygen atoms in total. The zero-order chi connectivity index (χ0) is 23.2. The summed E-state index contributed by atoms with van der Waals surface area (Å²) in [6.07, 6.45) is 6.72. The first kappa shape index (κ1) is 22.0. The number of hydrogen-bond acceptors (Lipinski definition) is 4. The summed E-state index contributed by atoms with van der Waals surface area (Å²) in [5.41, 5.74) is 4.22. The van der Waals surface area contributed by atoms with E-state index >= 15 is 0 Å². The number of pyridine rings is 1. The Morgan fingerprint density at radius 3 is 2.61 bits per heavy atom. The van der Waals surface area contributed by atoms with Crippen molar-refractivity contribution in [3.63, 3.8) is 0 Å². The molecule has 4 rings (SSSR count). The average Bonchev–Trinajstić information content (AvgIpc) is 2.83. The largest absolute Gasteiger partial charge is 0.485 e. The maximum absolute atomic E-state index is 13.1. The molecule has 6 heteroatoms. The Morgan fingerprint density at radius 2 is 1.85 bits per heavy atom. The van der Waals surface area contributed by atoms with Gasteiger partial charge in [-0.05, 0) is 61.4 Å². The quantitative estimate of drug-likeness (QED) is 0.565. The average molecular weight is 440 g/mol. The summed E-state index contributed by atoms with van der Waals surface area (Å²) in [6, 6.07) is 18.6. The molecular formula is C27H25N3O3. The number of aryl methyl sites for hydroxylation is 1. The lowest BCUT2D eigenvalue weighted by atomic mass is 10.0. The van der Waals surface area contributed by atoms with E-state index in [2.05, 4.69) is 15.6 Å². The van der Waals surface area contributed by atoms with Crippen LogP contribution >= 0.6 is 0 Å². The molecule has 0 fully saturated rings. The highest BCUT2D eigenvalue weighted by atomic mass is 16.5. The molecule has 0 aliphatic carbocycles. The normalized spacial score (nSPS) is 15.0. The molecule has 0 spiro atoms. The number of rotatable bonds is 6. The molecule has 2 N–H and O–H groups in total. The van der Waals surface area contributed by atoms with Gasteiger partial charge in [0.05, 0.1) is 0 Å². The van der Waals surface area contributed by atoms with Gasteiger partial charge in [0.2, 0.25) is 0 Å². The minimum absolute atomic E-state index is 0.144. The van der Waals surface area contributed by atoms with Gasteiger partial charge in [-0.25, -0.2) is 0 Å². The number of para-hydroxylation sites is 1. The molecule has 0 saturated heterocycles. The number of amides is 2. The van der Waals surface area contributed by atoms with E-state index < -0.39 is 5.91 Å². The third kappa shape index (κ3) is 5.54. The zero-order valence-electron chi connectivity index (χ0n) is 18.5. The monoisotopic (exact) mass is 439 g/mol. The van der Waals surface area contributed by atoms with Crippen LogP contribution in [0.5, 0.6) is 5.75 Å². The fourth-order valence-electron chi connectivity index (χ4n) is 3.43. The van der Waals surface area contributed by atoms with Gasteiger partial charge < -0.3 is 15.4 Å². The number of carbonyl (C=O) groups is 2. The van der Waals surface area contributed by atoms with E-state index in [1.807, 2.05) is 62.4 Å². The third-order valence-corrected chi connectivity index (χ3v) is 5.31. The van der Waals surface area contributed by atoms with Crippen molar-refractivity contribution in [3.05, 3.63) is 113 Å². The molecule has 1 aliphatic rings. The first-order valence-electron chi connectivity index (χ1n) is 10.7. The highest BCUT2D eigenvalue weighted by Crippen LogP contribution is 2.30. The van der Waals surface area contributed by atoms with Gasteiger partial charge in [0.25, 0.3) is 11.8 Å². The number of nitrogens with zero attached hydrogens (tertiary/aromatic N) is 1. The molecule has 1 atom stereocenters. The molecule has 0 bridgehead atoms. The first-order valence-corrected chi connectivity index (χ1v) is 10.7. The molecule has 0 radical (unpaired) electrons. The van der Waals surface area contributed by atoms with Crippen LogP contribution in [-0.4, -0.2) is 22.9 Å². The van der Waals surface area contributed by atoms with Gasteiger partial charge in [-0.15, -0.1) is 0 Å². The summed E-state index contributed by atoms with van der Waals surface area (Å²) >= 11 is 0. The summed E-state index contributed by atoms with van der Waals surface area (Å²) < 4.78 is 5.99. The second-order valence-electron chi connectivity index (χ2n) is 7.86. The van der Waals surface area contributed by atoms with Gasteiger partial charge in [-0.1, -0.05) is 42.0 Å². The molecule has 2 heterocycles. The molecule has 1 aliphatic heterocycles. The van der Waals surface area contributed by atoms with Crippen molar-refractivity contribution >= 4 is 17.9 Å². The van der Waals surface area contributed by atoms with Gasteiger partial charge in [0.1, 0.15) is 17.6 Å². The van der Waals surface area contributed by atoms with Gasteiger partial charge in [-0.2, -0.15) is 0 Å². The van der Waals surface area contributed by atoms with Gasteiger partial charge in [-0.3, -0.25) is 14.6 Å². The number of hydrogen-bond donors (Lipinski definition) is 2.